The summed E-state index contributed by atoms with van der Waals surface area (Å²) in [5.74, 6) is -1.20. The van der Waals surface area contributed by atoms with E-state index in [1.807, 2.05) is 31.2 Å². The first-order valence-electron chi connectivity index (χ1n) is 8.61. The first kappa shape index (κ1) is 16.9. The maximum atomic E-state index is 12.9. The molecular weight excluding hydrogens is 340 g/mol. The lowest BCUT2D eigenvalue weighted by Gasteiger charge is -2.19. The van der Waals surface area contributed by atoms with E-state index >= 15 is 0 Å². The Morgan fingerprint density at radius 1 is 0.778 bits per heavy atom. The van der Waals surface area contributed by atoms with Gasteiger partial charge in [0.2, 0.25) is 0 Å². The van der Waals surface area contributed by atoms with Gasteiger partial charge in [0, 0.05) is 22.3 Å². The summed E-state index contributed by atoms with van der Waals surface area (Å²) in [5.41, 5.74) is 3.06. The number of rotatable bonds is 3. The Balaban J connectivity index is 1.69. The van der Waals surface area contributed by atoms with Gasteiger partial charge in [0.15, 0.2) is 11.6 Å². The van der Waals surface area contributed by atoms with Crippen molar-refractivity contribution in [3.63, 3.8) is 0 Å². The molecule has 4 rings (SSSR count). The minimum atomic E-state index is -0.615. The number of hydrogen-bond donors (Lipinski definition) is 0. The van der Waals surface area contributed by atoms with Gasteiger partial charge in [0.1, 0.15) is 6.61 Å². The molecule has 0 amide bonds. The van der Waals surface area contributed by atoms with Crippen LogP contribution in [0.2, 0.25) is 0 Å². The van der Waals surface area contributed by atoms with Gasteiger partial charge in [-0.2, -0.15) is 0 Å². The van der Waals surface area contributed by atoms with E-state index in [0.717, 1.165) is 11.1 Å². The van der Waals surface area contributed by atoms with Gasteiger partial charge in [-0.05, 0) is 24.1 Å². The molecule has 0 atom stereocenters. The fourth-order valence-electron chi connectivity index (χ4n) is 3.31. The second-order valence-corrected chi connectivity index (χ2v) is 6.43. The van der Waals surface area contributed by atoms with Gasteiger partial charge in [0.05, 0.1) is 5.56 Å². The Bertz CT molecular complexity index is 1100. The molecule has 0 aliphatic heterocycles. The van der Waals surface area contributed by atoms with Crippen LogP contribution in [0.15, 0.2) is 66.7 Å². The van der Waals surface area contributed by atoms with E-state index in [0.29, 0.717) is 11.1 Å². The summed E-state index contributed by atoms with van der Waals surface area (Å²) in [6, 6.07) is 19.0. The molecule has 132 valence electrons. The largest absolute Gasteiger partial charge is 0.457 e. The molecule has 0 N–H and O–H groups in total. The van der Waals surface area contributed by atoms with Crippen LogP contribution in [0.4, 0.5) is 0 Å². The Morgan fingerprint density at radius 3 is 2.15 bits per heavy atom. The quantitative estimate of drug-likeness (QED) is 0.518. The molecule has 0 unspecified atom stereocenters. The number of carbonyl (C=O) groups excluding carboxylic acids is 3. The van der Waals surface area contributed by atoms with E-state index in [-0.39, 0.29) is 34.9 Å². The lowest BCUT2D eigenvalue weighted by molar-refractivity contribution is 0.0469. The SMILES string of the molecule is Cc1ccccc1COC(=O)c1cccc2c1C(=O)c1ccccc1C2=O. The Labute approximate surface area is 156 Å². The molecule has 1 aliphatic rings. The lowest BCUT2D eigenvalue weighted by atomic mass is 9.82. The predicted octanol–water partition coefficient (Wildman–Crippen LogP) is 4.13. The zero-order chi connectivity index (χ0) is 19.0. The molecule has 0 saturated carbocycles. The van der Waals surface area contributed by atoms with Crippen molar-refractivity contribution in [3.8, 4) is 0 Å². The zero-order valence-electron chi connectivity index (χ0n) is 14.7. The van der Waals surface area contributed by atoms with Crippen LogP contribution in [0, 0.1) is 6.92 Å². The van der Waals surface area contributed by atoms with E-state index < -0.39 is 5.97 Å². The third kappa shape index (κ3) is 2.85. The molecule has 27 heavy (non-hydrogen) atoms. The minimum absolute atomic E-state index is 0.105. The highest BCUT2D eigenvalue weighted by Crippen LogP contribution is 2.30. The van der Waals surface area contributed by atoms with Crippen molar-refractivity contribution in [2.24, 2.45) is 0 Å². The van der Waals surface area contributed by atoms with Crippen LogP contribution in [0.5, 0.6) is 0 Å². The number of aryl methyl sites for hydroxylation is 1. The van der Waals surface area contributed by atoms with Crippen molar-refractivity contribution >= 4 is 17.5 Å². The summed E-state index contributed by atoms with van der Waals surface area (Å²) in [4.78, 5) is 38.4. The first-order chi connectivity index (χ1) is 13.1. The summed E-state index contributed by atoms with van der Waals surface area (Å²) in [6.07, 6.45) is 0. The first-order valence-corrected chi connectivity index (χ1v) is 8.61. The van der Waals surface area contributed by atoms with E-state index in [1.165, 1.54) is 6.07 Å². The van der Waals surface area contributed by atoms with Gasteiger partial charge >= 0.3 is 5.97 Å². The summed E-state index contributed by atoms with van der Waals surface area (Å²) >= 11 is 0. The minimum Gasteiger partial charge on any atom is -0.457 e. The molecule has 0 radical (unpaired) electrons. The molecule has 0 saturated heterocycles. The third-order valence-electron chi connectivity index (χ3n) is 4.79. The zero-order valence-corrected chi connectivity index (χ0v) is 14.7. The summed E-state index contributed by atoms with van der Waals surface area (Å²) < 4.78 is 5.43. The number of ketones is 2. The number of hydrogen-bond acceptors (Lipinski definition) is 4. The molecule has 4 nitrogen and oxygen atoms in total. The molecule has 0 spiro atoms. The number of fused-ring (bicyclic) bond motifs is 2. The maximum Gasteiger partial charge on any atom is 0.339 e. The summed E-state index contributed by atoms with van der Waals surface area (Å²) in [7, 11) is 0. The van der Waals surface area contributed by atoms with Gasteiger partial charge < -0.3 is 4.74 Å². The van der Waals surface area contributed by atoms with Crippen LogP contribution in [-0.4, -0.2) is 17.5 Å². The van der Waals surface area contributed by atoms with Gasteiger partial charge in [-0.15, -0.1) is 0 Å². The molecule has 1 aliphatic carbocycles. The van der Waals surface area contributed by atoms with Crippen molar-refractivity contribution in [2.75, 3.05) is 0 Å². The van der Waals surface area contributed by atoms with Gasteiger partial charge in [-0.3, -0.25) is 9.59 Å². The third-order valence-corrected chi connectivity index (χ3v) is 4.79. The normalized spacial score (nSPS) is 12.3. The highest BCUT2D eigenvalue weighted by molar-refractivity contribution is 6.30. The highest BCUT2D eigenvalue weighted by atomic mass is 16.5. The molecule has 0 heterocycles. The van der Waals surface area contributed by atoms with Crippen molar-refractivity contribution in [1.82, 2.24) is 0 Å². The maximum absolute atomic E-state index is 12.9. The number of esters is 1. The number of carbonyl (C=O) groups is 3. The molecule has 0 fully saturated rings. The molecule has 3 aromatic rings. The van der Waals surface area contributed by atoms with E-state index in [1.54, 1.807) is 36.4 Å². The van der Waals surface area contributed by atoms with Crippen LogP contribution >= 0.6 is 0 Å². The van der Waals surface area contributed by atoms with Crippen LogP contribution < -0.4 is 0 Å². The predicted molar refractivity (Wildman–Crippen MR) is 100 cm³/mol. The van der Waals surface area contributed by atoms with Crippen LogP contribution in [0.25, 0.3) is 0 Å². The van der Waals surface area contributed by atoms with Crippen molar-refractivity contribution in [3.05, 3.63) is 106 Å². The van der Waals surface area contributed by atoms with Crippen LogP contribution in [0.1, 0.15) is 53.3 Å². The average Bonchev–Trinajstić information content (AvgIpc) is 2.70. The van der Waals surface area contributed by atoms with E-state index in [2.05, 4.69) is 0 Å². The van der Waals surface area contributed by atoms with E-state index in [4.69, 9.17) is 4.74 Å². The van der Waals surface area contributed by atoms with Gasteiger partial charge in [-0.25, -0.2) is 4.79 Å². The molecule has 0 aromatic heterocycles. The molecule has 3 aromatic carbocycles. The molecular formula is C23H16O4. The van der Waals surface area contributed by atoms with Gasteiger partial charge in [-0.1, -0.05) is 60.7 Å². The van der Waals surface area contributed by atoms with Crippen LogP contribution in [0.3, 0.4) is 0 Å². The Hall–Kier alpha value is -3.53. The van der Waals surface area contributed by atoms with Crippen molar-refractivity contribution in [1.29, 1.82) is 0 Å². The smallest absolute Gasteiger partial charge is 0.339 e. The second-order valence-electron chi connectivity index (χ2n) is 6.43. The average molecular weight is 356 g/mol. The van der Waals surface area contributed by atoms with Gasteiger partial charge in [0.25, 0.3) is 0 Å². The van der Waals surface area contributed by atoms with E-state index in [9.17, 15) is 14.4 Å². The lowest BCUT2D eigenvalue weighted by Crippen LogP contribution is -2.24. The number of benzene rings is 3. The monoisotopic (exact) mass is 356 g/mol. The van der Waals surface area contributed by atoms with Crippen molar-refractivity contribution in [2.45, 2.75) is 13.5 Å². The summed E-state index contributed by atoms with van der Waals surface area (Å²) in [5, 5.41) is 0. The number of ether oxygens (including phenoxy) is 1. The molecule has 4 heteroatoms. The summed E-state index contributed by atoms with van der Waals surface area (Å²) in [6.45, 7) is 2.04. The standard InChI is InChI=1S/C23H16O4/c1-14-7-2-3-8-15(14)13-27-23(26)19-12-6-11-18-20(19)22(25)17-10-5-4-9-16(17)21(18)24/h2-12H,13H2,1H3. The Kier molecular flexibility index (Phi) is 4.16. The molecule has 0 bridgehead atoms. The second kappa shape index (κ2) is 6.65. The fraction of sp³-hybridized carbons (Fsp3) is 0.0870. The fourth-order valence-corrected chi connectivity index (χ4v) is 3.31. The topological polar surface area (TPSA) is 60.4 Å². The van der Waals surface area contributed by atoms with Crippen LogP contribution in [-0.2, 0) is 11.3 Å². The Morgan fingerprint density at radius 2 is 1.41 bits per heavy atom. The van der Waals surface area contributed by atoms with Crippen molar-refractivity contribution < 1.29 is 19.1 Å². The highest BCUT2D eigenvalue weighted by Gasteiger charge is 2.33.